The lowest BCUT2D eigenvalue weighted by atomic mass is 10.2. The molecule has 3 aromatic rings. The molecule has 0 aliphatic heterocycles. The van der Waals surface area contributed by atoms with Gasteiger partial charge in [-0.1, -0.05) is 11.6 Å². The Kier molecular flexibility index (Phi) is 3.04. The van der Waals surface area contributed by atoms with E-state index in [4.69, 9.17) is 11.6 Å². The van der Waals surface area contributed by atoms with Crippen LogP contribution < -0.4 is 0 Å². The third-order valence-corrected chi connectivity index (χ3v) is 3.41. The molecule has 88 valence electrons. The Morgan fingerprint density at radius 1 is 1.11 bits per heavy atom. The fourth-order valence-corrected chi connectivity index (χ4v) is 2.42. The van der Waals surface area contributed by atoms with Gasteiger partial charge in [0.05, 0.1) is 5.69 Å². The molecule has 0 aliphatic carbocycles. The van der Waals surface area contributed by atoms with Gasteiger partial charge in [-0.05, 0) is 24.3 Å². The summed E-state index contributed by atoms with van der Waals surface area (Å²) in [6.07, 6.45) is 5.26. The lowest BCUT2D eigenvalue weighted by molar-refractivity contribution is 1.26. The molecule has 0 saturated carbocycles. The summed E-state index contributed by atoms with van der Waals surface area (Å²) in [5, 5.41) is 3.43. The second kappa shape index (κ2) is 4.84. The van der Waals surface area contributed by atoms with E-state index in [0.717, 1.165) is 22.0 Å². The van der Waals surface area contributed by atoms with Gasteiger partial charge in [-0.25, -0.2) is 9.97 Å². The van der Waals surface area contributed by atoms with Crippen LogP contribution in [0.5, 0.6) is 0 Å². The number of hydrogen-bond acceptors (Lipinski definition) is 4. The Morgan fingerprint density at radius 2 is 2.00 bits per heavy atom. The lowest BCUT2D eigenvalue weighted by Crippen LogP contribution is -1.88. The Balaban J connectivity index is 2.12. The van der Waals surface area contributed by atoms with E-state index in [9.17, 15) is 0 Å². The van der Waals surface area contributed by atoms with Gasteiger partial charge in [-0.3, -0.25) is 4.98 Å². The molecule has 3 nitrogen and oxygen atoms in total. The standard InChI is InChI=1S/C13H8ClN3S/c14-10-6-11(9-2-1-3-15-8-9)17-12(7-10)13-16-4-5-18-13/h1-8H. The summed E-state index contributed by atoms with van der Waals surface area (Å²) >= 11 is 7.67. The van der Waals surface area contributed by atoms with E-state index >= 15 is 0 Å². The van der Waals surface area contributed by atoms with Crippen molar-refractivity contribution in [2.24, 2.45) is 0 Å². The van der Waals surface area contributed by atoms with Crippen LogP contribution in [-0.2, 0) is 0 Å². The monoisotopic (exact) mass is 273 g/mol. The van der Waals surface area contributed by atoms with Crippen molar-refractivity contribution in [2.45, 2.75) is 0 Å². The number of rotatable bonds is 2. The summed E-state index contributed by atoms with van der Waals surface area (Å²) in [6.45, 7) is 0. The van der Waals surface area contributed by atoms with Crippen LogP contribution in [0.3, 0.4) is 0 Å². The first kappa shape index (κ1) is 11.3. The van der Waals surface area contributed by atoms with Gasteiger partial charge in [0.1, 0.15) is 10.7 Å². The number of nitrogens with zero attached hydrogens (tertiary/aromatic N) is 3. The topological polar surface area (TPSA) is 38.7 Å². The summed E-state index contributed by atoms with van der Waals surface area (Å²) in [6, 6.07) is 7.48. The summed E-state index contributed by atoms with van der Waals surface area (Å²) in [5.74, 6) is 0. The van der Waals surface area contributed by atoms with Crippen LogP contribution in [0.25, 0.3) is 22.0 Å². The molecule has 3 aromatic heterocycles. The minimum Gasteiger partial charge on any atom is -0.264 e. The highest BCUT2D eigenvalue weighted by molar-refractivity contribution is 7.13. The highest BCUT2D eigenvalue weighted by Crippen LogP contribution is 2.27. The number of thiazole rings is 1. The fourth-order valence-electron chi connectivity index (χ4n) is 1.62. The smallest absolute Gasteiger partial charge is 0.141 e. The Hall–Kier alpha value is -1.78. The molecule has 0 radical (unpaired) electrons. The van der Waals surface area contributed by atoms with Gasteiger partial charge < -0.3 is 0 Å². The minimum atomic E-state index is 0.647. The van der Waals surface area contributed by atoms with E-state index in [1.54, 1.807) is 29.9 Å². The maximum atomic E-state index is 6.13. The first-order valence-corrected chi connectivity index (χ1v) is 6.56. The van der Waals surface area contributed by atoms with Crippen LogP contribution in [0, 0.1) is 0 Å². The van der Waals surface area contributed by atoms with Gasteiger partial charge in [-0.15, -0.1) is 11.3 Å². The molecule has 0 spiro atoms. The van der Waals surface area contributed by atoms with E-state index in [-0.39, 0.29) is 0 Å². The van der Waals surface area contributed by atoms with Crippen molar-refractivity contribution in [1.29, 1.82) is 0 Å². The summed E-state index contributed by atoms with van der Waals surface area (Å²) in [4.78, 5) is 12.9. The van der Waals surface area contributed by atoms with Gasteiger partial charge in [-0.2, -0.15) is 0 Å². The van der Waals surface area contributed by atoms with Gasteiger partial charge in [0.15, 0.2) is 0 Å². The second-order valence-electron chi connectivity index (χ2n) is 3.63. The summed E-state index contributed by atoms with van der Waals surface area (Å²) in [7, 11) is 0. The summed E-state index contributed by atoms with van der Waals surface area (Å²) < 4.78 is 0. The van der Waals surface area contributed by atoms with Crippen LogP contribution in [0.4, 0.5) is 0 Å². The first-order valence-electron chi connectivity index (χ1n) is 5.31. The zero-order chi connectivity index (χ0) is 12.4. The lowest BCUT2D eigenvalue weighted by Gasteiger charge is -2.03. The number of hydrogen-bond donors (Lipinski definition) is 0. The number of pyridine rings is 2. The molecule has 3 rings (SSSR count). The highest BCUT2D eigenvalue weighted by Gasteiger charge is 2.07. The largest absolute Gasteiger partial charge is 0.264 e. The molecule has 5 heteroatoms. The zero-order valence-electron chi connectivity index (χ0n) is 9.25. The van der Waals surface area contributed by atoms with Crippen molar-refractivity contribution in [3.63, 3.8) is 0 Å². The predicted octanol–water partition coefficient (Wildman–Crippen LogP) is 3.92. The average Bonchev–Trinajstić information content (AvgIpc) is 2.93. The van der Waals surface area contributed by atoms with Crippen molar-refractivity contribution in [3.05, 3.63) is 53.3 Å². The van der Waals surface area contributed by atoms with Crippen molar-refractivity contribution in [2.75, 3.05) is 0 Å². The molecular formula is C13H8ClN3S. The van der Waals surface area contributed by atoms with Crippen LogP contribution in [0.2, 0.25) is 5.02 Å². The molecule has 0 amide bonds. The van der Waals surface area contributed by atoms with Crippen LogP contribution >= 0.6 is 22.9 Å². The van der Waals surface area contributed by atoms with Gasteiger partial charge >= 0.3 is 0 Å². The van der Waals surface area contributed by atoms with Gasteiger partial charge in [0, 0.05) is 34.6 Å². The fraction of sp³-hybridized carbons (Fsp3) is 0. The third kappa shape index (κ3) is 2.25. The quantitative estimate of drug-likeness (QED) is 0.710. The van der Waals surface area contributed by atoms with Crippen LogP contribution in [-0.4, -0.2) is 15.0 Å². The van der Waals surface area contributed by atoms with E-state index in [1.807, 2.05) is 29.6 Å². The Morgan fingerprint density at radius 3 is 2.72 bits per heavy atom. The van der Waals surface area contributed by atoms with E-state index in [0.29, 0.717) is 5.02 Å². The summed E-state index contributed by atoms with van der Waals surface area (Å²) in [5.41, 5.74) is 2.54. The number of aromatic nitrogens is 3. The molecule has 0 atom stereocenters. The molecule has 18 heavy (non-hydrogen) atoms. The molecule has 0 fully saturated rings. The minimum absolute atomic E-state index is 0.647. The molecule has 0 N–H and O–H groups in total. The van der Waals surface area contributed by atoms with Gasteiger partial charge in [0.25, 0.3) is 0 Å². The van der Waals surface area contributed by atoms with E-state index in [1.165, 1.54) is 0 Å². The molecule has 0 bridgehead atoms. The SMILES string of the molecule is Clc1cc(-c2cccnc2)nc(-c2nccs2)c1. The second-order valence-corrected chi connectivity index (χ2v) is 4.97. The maximum Gasteiger partial charge on any atom is 0.141 e. The van der Waals surface area contributed by atoms with Crippen LogP contribution in [0.15, 0.2) is 48.2 Å². The Bertz CT molecular complexity index is 653. The van der Waals surface area contributed by atoms with Crippen molar-refractivity contribution in [3.8, 4) is 22.0 Å². The van der Waals surface area contributed by atoms with E-state index < -0.39 is 0 Å². The van der Waals surface area contributed by atoms with Crippen molar-refractivity contribution in [1.82, 2.24) is 15.0 Å². The normalized spacial score (nSPS) is 10.5. The predicted molar refractivity (Wildman–Crippen MR) is 73.6 cm³/mol. The molecular weight excluding hydrogens is 266 g/mol. The van der Waals surface area contributed by atoms with Crippen molar-refractivity contribution >= 4 is 22.9 Å². The maximum absolute atomic E-state index is 6.13. The molecule has 3 heterocycles. The van der Waals surface area contributed by atoms with Gasteiger partial charge in [0.2, 0.25) is 0 Å². The molecule has 0 unspecified atom stereocenters. The average molecular weight is 274 g/mol. The molecule has 0 saturated heterocycles. The first-order chi connectivity index (χ1) is 8.83. The van der Waals surface area contributed by atoms with E-state index in [2.05, 4.69) is 15.0 Å². The Labute approximate surface area is 113 Å². The zero-order valence-corrected chi connectivity index (χ0v) is 10.8. The number of halogens is 1. The third-order valence-electron chi connectivity index (χ3n) is 2.40. The van der Waals surface area contributed by atoms with Crippen LogP contribution in [0.1, 0.15) is 0 Å². The molecule has 0 aliphatic rings. The highest BCUT2D eigenvalue weighted by atomic mass is 35.5. The molecule has 0 aromatic carbocycles. The van der Waals surface area contributed by atoms with Crippen molar-refractivity contribution < 1.29 is 0 Å².